The van der Waals surface area contributed by atoms with Crippen molar-refractivity contribution in [2.75, 3.05) is 11.9 Å². The number of ether oxygens (including phenoxy) is 1. The smallest absolute Gasteiger partial charge is 0.455 e. The first kappa shape index (κ1) is 17.4. The topological polar surface area (TPSA) is 68.3 Å². The van der Waals surface area contributed by atoms with E-state index in [1.54, 1.807) is 6.92 Å². The summed E-state index contributed by atoms with van der Waals surface area (Å²) in [7, 11) is 0. The zero-order valence-electron chi connectivity index (χ0n) is 10.7. The Labute approximate surface area is 126 Å². The highest BCUT2D eigenvalue weighted by Gasteiger charge is 2.40. The number of aromatic nitrogens is 1. The van der Waals surface area contributed by atoms with Crippen LogP contribution in [0.2, 0.25) is 0 Å². The fourth-order valence-electron chi connectivity index (χ4n) is 1.14. The molecule has 116 valence electrons. The molecule has 0 aliphatic rings. The molecule has 10 heteroatoms. The second kappa shape index (κ2) is 7.41. The second-order valence-electron chi connectivity index (χ2n) is 3.59. The van der Waals surface area contributed by atoms with Crippen molar-refractivity contribution in [1.82, 2.24) is 4.98 Å². The first-order chi connectivity index (χ1) is 9.74. The average Bonchev–Trinajstić information content (AvgIpc) is 2.81. The molecule has 0 saturated heterocycles. The molecule has 1 rings (SSSR count). The third-order valence-electron chi connectivity index (χ3n) is 1.98. The molecular formula is C11H10ClF3N2O3S. The summed E-state index contributed by atoms with van der Waals surface area (Å²) in [4.78, 5) is 25.9. The van der Waals surface area contributed by atoms with Gasteiger partial charge in [-0.1, -0.05) is 11.6 Å². The van der Waals surface area contributed by atoms with Crippen LogP contribution in [-0.2, 0) is 20.7 Å². The molecule has 0 aromatic carbocycles. The Kier molecular flexibility index (Phi) is 6.16. The summed E-state index contributed by atoms with van der Waals surface area (Å²) in [5.41, 5.74) is 0.396. The third kappa shape index (κ3) is 5.72. The third-order valence-corrected chi connectivity index (χ3v) is 3.08. The Morgan fingerprint density at radius 1 is 1.52 bits per heavy atom. The number of carbonyl (C=O) groups excluding carboxylic acids is 2. The number of hydrogen-bond donors (Lipinski definition) is 1. The monoisotopic (exact) mass is 342 g/mol. The van der Waals surface area contributed by atoms with Gasteiger partial charge in [0.2, 0.25) is 0 Å². The Morgan fingerprint density at radius 2 is 2.19 bits per heavy atom. The second-order valence-corrected chi connectivity index (χ2v) is 4.85. The highest BCUT2D eigenvalue weighted by Crippen LogP contribution is 2.23. The number of ketones is 1. The van der Waals surface area contributed by atoms with Crippen LogP contribution in [0.4, 0.5) is 18.3 Å². The van der Waals surface area contributed by atoms with Gasteiger partial charge in [0.25, 0.3) is 5.78 Å². The number of thiazole rings is 1. The van der Waals surface area contributed by atoms with Crippen molar-refractivity contribution in [2.45, 2.75) is 19.5 Å². The lowest BCUT2D eigenvalue weighted by Crippen LogP contribution is -2.23. The highest BCUT2D eigenvalue weighted by atomic mass is 35.5. The summed E-state index contributed by atoms with van der Waals surface area (Å²) in [5, 5.41) is 3.08. The van der Waals surface area contributed by atoms with Crippen LogP contribution < -0.4 is 5.32 Å². The van der Waals surface area contributed by atoms with E-state index >= 15 is 0 Å². The summed E-state index contributed by atoms with van der Waals surface area (Å²) < 4.78 is 41.0. The number of nitrogens with zero attached hydrogens (tertiary/aromatic N) is 1. The van der Waals surface area contributed by atoms with Crippen LogP contribution in [0.5, 0.6) is 0 Å². The van der Waals surface area contributed by atoms with E-state index in [2.05, 4.69) is 10.3 Å². The summed E-state index contributed by atoms with van der Waals surface area (Å²) >= 11 is 6.28. The van der Waals surface area contributed by atoms with Gasteiger partial charge in [-0.3, -0.25) is 9.59 Å². The number of halogens is 4. The Balaban J connectivity index is 2.63. The molecule has 0 saturated carbocycles. The minimum Gasteiger partial charge on any atom is -0.466 e. The molecule has 21 heavy (non-hydrogen) atoms. The van der Waals surface area contributed by atoms with Crippen LogP contribution in [-0.4, -0.2) is 29.5 Å². The Hall–Kier alpha value is -1.61. The molecule has 5 nitrogen and oxygen atoms in total. The van der Waals surface area contributed by atoms with Crippen LogP contribution in [0.15, 0.2) is 16.6 Å². The number of rotatable bonds is 6. The molecule has 0 spiro atoms. The Bertz CT molecular complexity index is 557. The largest absolute Gasteiger partial charge is 0.466 e. The van der Waals surface area contributed by atoms with Crippen molar-refractivity contribution >= 4 is 39.8 Å². The van der Waals surface area contributed by atoms with Gasteiger partial charge in [-0.15, -0.1) is 11.3 Å². The zero-order chi connectivity index (χ0) is 16.0. The van der Waals surface area contributed by atoms with E-state index in [4.69, 9.17) is 16.3 Å². The first-order valence-corrected chi connectivity index (χ1v) is 6.83. The van der Waals surface area contributed by atoms with Gasteiger partial charge in [0.05, 0.1) is 18.7 Å². The normalized spacial score (nSPS) is 12.1. The van der Waals surface area contributed by atoms with Gasteiger partial charge in [0, 0.05) is 11.6 Å². The van der Waals surface area contributed by atoms with E-state index < -0.39 is 23.0 Å². The molecule has 1 aromatic rings. The van der Waals surface area contributed by atoms with E-state index in [9.17, 15) is 22.8 Å². The van der Waals surface area contributed by atoms with Crippen LogP contribution in [0, 0.1) is 0 Å². The first-order valence-electron chi connectivity index (χ1n) is 5.57. The van der Waals surface area contributed by atoms with Gasteiger partial charge in [0.15, 0.2) is 5.13 Å². The number of anilines is 1. The summed E-state index contributed by atoms with van der Waals surface area (Å²) in [5.74, 6) is -2.62. The molecule has 1 heterocycles. The molecule has 1 aromatic heterocycles. The standard InChI is InChI=1S/C11H10ClF3N2O3S/c1-2-20-8(18)3-6-5-21-10(17-6)16-4-7(12)9(19)11(13,14)15/h4-5H,2-3H2,1H3,(H,16,17)/b7-4-. The van der Waals surface area contributed by atoms with E-state index in [0.717, 1.165) is 11.3 Å². The molecule has 1 N–H and O–H groups in total. The number of carbonyl (C=O) groups is 2. The molecular weight excluding hydrogens is 333 g/mol. The molecule has 0 amide bonds. The fourth-order valence-corrected chi connectivity index (χ4v) is 1.98. The van der Waals surface area contributed by atoms with Crippen molar-refractivity contribution in [3.05, 3.63) is 22.3 Å². The predicted octanol–water partition coefficient (Wildman–Crippen LogP) is 2.87. The van der Waals surface area contributed by atoms with Gasteiger partial charge in [-0.05, 0) is 6.92 Å². The van der Waals surface area contributed by atoms with Gasteiger partial charge >= 0.3 is 12.1 Å². The number of nitrogens with one attached hydrogen (secondary N) is 1. The van der Waals surface area contributed by atoms with Gasteiger partial charge in [0.1, 0.15) is 5.03 Å². The Morgan fingerprint density at radius 3 is 2.76 bits per heavy atom. The molecule has 0 aliphatic heterocycles. The quantitative estimate of drug-likeness (QED) is 0.636. The molecule has 0 atom stereocenters. The van der Waals surface area contributed by atoms with Crippen molar-refractivity contribution in [2.24, 2.45) is 0 Å². The molecule has 0 radical (unpaired) electrons. The molecule has 0 unspecified atom stereocenters. The van der Waals surface area contributed by atoms with Crippen LogP contribution >= 0.6 is 22.9 Å². The van der Waals surface area contributed by atoms with Gasteiger partial charge in [-0.2, -0.15) is 13.2 Å². The van der Waals surface area contributed by atoms with Crippen molar-refractivity contribution in [3.8, 4) is 0 Å². The van der Waals surface area contributed by atoms with E-state index in [1.807, 2.05) is 0 Å². The molecule has 0 bridgehead atoms. The number of Topliss-reactive ketones (excluding diaryl/α,β-unsaturated/α-hetero) is 1. The number of alkyl halides is 3. The summed E-state index contributed by atoms with van der Waals surface area (Å²) in [6.07, 6.45) is -4.39. The maximum Gasteiger partial charge on any atom is 0.455 e. The van der Waals surface area contributed by atoms with Crippen LogP contribution in [0.25, 0.3) is 0 Å². The van der Waals surface area contributed by atoms with Crippen LogP contribution in [0.1, 0.15) is 12.6 Å². The predicted molar refractivity (Wildman–Crippen MR) is 71.1 cm³/mol. The number of hydrogen-bond acceptors (Lipinski definition) is 6. The maximum absolute atomic E-state index is 12.1. The highest BCUT2D eigenvalue weighted by molar-refractivity contribution is 7.13. The fraction of sp³-hybridized carbons (Fsp3) is 0.364. The number of allylic oxidation sites excluding steroid dienone is 1. The van der Waals surface area contributed by atoms with Crippen molar-refractivity contribution in [1.29, 1.82) is 0 Å². The summed E-state index contributed by atoms with van der Waals surface area (Å²) in [6, 6.07) is 0. The average molecular weight is 343 g/mol. The van der Waals surface area contributed by atoms with Crippen LogP contribution in [0.3, 0.4) is 0 Å². The minimum absolute atomic E-state index is 0.0506. The van der Waals surface area contributed by atoms with Crippen molar-refractivity contribution in [3.63, 3.8) is 0 Å². The van der Waals surface area contributed by atoms with Crippen molar-refractivity contribution < 1.29 is 27.5 Å². The van der Waals surface area contributed by atoms with E-state index in [0.29, 0.717) is 11.9 Å². The minimum atomic E-state index is -5.03. The lowest BCUT2D eigenvalue weighted by Gasteiger charge is -2.03. The molecule has 0 aliphatic carbocycles. The lowest BCUT2D eigenvalue weighted by atomic mass is 10.3. The lowest BCUT2D eigenvalue weighted by molar-refractivity contribution is -0.165. The SMILES string of the molecule is CCOC(=O)Cc1csc(N/C=C(\Cl)C(=O)C(F)(F)F)n1. The summed E-state index contributed by atoms with van der Waals surface area (Å²) in [6.45, 7) is 1.91. The number of esters is 1. The van der Waals surface area contributed by atoms with E-state index in [1.165, 1.54) is 5.38 Å². The molecule has 0 fully saturated rings. The maximum atomic E-state index is 12.1. The van der Waals surface area contributed by atoms with Gasteiger partial charge in [-0.25, -0.2) is 4.98 Å². The zero-order valence-corrected chi connectivity index (χ0v) is 12.2. The van der Waals surface area contributed by atoms with E-state index in [-0.39, 0.29) is 18.2 Å². The van der Waals surface area contributed by atoms with Gasteiger partial charge < -0.3 is 10.1 Å².